The number of halogens is 1. The van der Waals surface area contributed by atoms with E-state index in [4.69, 9.17) is 5.11 Å². The first-order chi connectivity index (χ1) is 9.20. The lowest BCUT2D eigenvalue weighted by atomic mass is 10.1. The van der Waals surface area contributed by atoms with Crippen molar-refractivity contribution in [2.45, 2.75) is 31.6 Å². The van der Waals surface area contributed by atoms with Gasteiger partial charge in [0.15, 0.2) is 11.2 Å². The predicted molar refractivity (Wildman–Crippen MR) is 66.6 cm³/mol. The highest BCUT2D eigenvalue weighted by molar-refractivity contribution is 5.71. The van der Waals surface area contributed by atoms with E-state index in [1.807, 2.05) is 0 Å². The number of H-pyrrole nitrogens is 1. The van der Waals surface area contributed by atoms with E-state index in [9.17, 15) is 9.28 Å². The van der Waals surface area contributed by atoms with Crippen LogP contribution in [0.25, 0.3) is 11.2 Å². The van der Waals surface area contributed by atoms with Gasteiger partial charge in [-0.15, -0.1) is 4.79 Å². The van der Waals surface area contributed by atoms with Gasteiger partial charge in [0.2, 0.25) is 5.95 Å². The van der Waals surface area contributed by atoms with Crippen LogP contribution in [-0.2, 0) is 0 Å². The number of aliphatic hydroxyl groups is 1. The van der Waals surface area contributed by atoms with Crippen LogP contribution in [0.4, 0.5) is 10.4 Å². The van der Waals surface area contributed by atoms with Crippen LogP contribution >= 0.6 is 0 Å². The molecule has 1 aliphatic rings. The summed E-state index contributed by atoms with van der Waals surface area (Å²) in [4.78, 5) is 22.6. The van der Waals surface area contributed by atoms with Crippen LogP contribution < -0.4 is 10.9 Å². The Hall–Kier alpha value is -1.96. The topological polar surface area (TPSA) is 95.8 Å². The molecule has 8 heteroatoms. The highest BCUT2D eigenvalue weighted by Gasteiger charge is 2.25. The van der Waals surface area contributed by atoms with Crippen LogP contribution in [0.3, 0.4) is 0 Å². The van der Waals surface area contributed by atoms with E-state index in [0.717, 1.165) is 25.7 Å². The zero-order chi connectivity index (χ0) is 13.4. The Bertz CT molecular complexity index is 659. The smallest absolute Gasteiger partial charge is 0.280 e. The van der Waals surface area contributed by atoms with Gasteiger partial charge in [0, 0.05) is 5.92 Å². The van der Waals surface area contributed by atoms with Crippen LogP contribution in [0.2, 0.25) is 0 Å². The van der Waals surface area contributed by atoms with Crippen molar-refractivity contribution >= 4 is 17.1 Å². The Labute approximate surface area is 107 Å². The number of nitrogens with zero attached hydrogens (tertiary/aromatic N) is 3. The molecule has 1 aliphatic carbocycles. The van der Waals surface area contributed by atoms with E-state index >= 15 is 0 Å². The van der Waals surface area contributed by atoms with Crippen LogP contribution in [0.1, 0.15) is 37.4 Å². The molecular weight excluding hydrogens is 253 g/mol. The monoisotopic (exact) mass is 267 g/mol. The quantitative estimate of drug-likeness (QED) is 0.717. The van der Waals surface area contributed by atoms with Crippen molar-refractivity contribution in [3.05, 3.63) is 16.2 Å². The lowest BCUT2D eigenvalue weighted by Gasteiger charge is -2.05. The molecule has 0 aliphatic heterocycles. The molecule has 7 nitrogen and oxygen atoms in total. The van der Waals surface area contributed by atoms with Crippen LogP contribution in [0, 0.1) is 0 Å². The molecule has 2 aromatic heterocycles. The number of aliphatic hydroxyl groups excluding tert-OH is 1. The molecule has 19 heavy (non-hydrogen) atoms. The van der Waals surface area contributed by atoms with Crippen LogP contribution in [-0.4, -0.2) is 31.6 Å². The van der Waals surface area contributed by atoms with Crippen molar-refractivity contribution in [3.8, 4) is 0 Å². The van der Waals surface area contributed by atoms with Crippen LogP contribution in [0.15, 0.2) is 4.79 Å². The normalized spacial score (nSPS) is 16.3. The van der Waals surface area contributed by atoms with Crippen molar-refractivity contribution < 1.29 is 9.59 Å². The Morgan fingerprint density at radius 3 is 2.84 bits per heavy atom. The summed E-state index contributed by atoms with van der Waals surface area (Å²) in [6.45, 7) is -0.398. The highest BCUT2D eigenvalue weighted by atomic mass is 19.2. The summed E-state index contributed by atoms with van der Waals surface area (Å²) in [6, 6.07) is 0. The standard InChI is InChI=1S/C11H14FN5O2/c12-17-8(6-3-1-2-4-6)14-7-9(17)15-11(13-5-18)16-10(7)19/h6,18H,1-5H2,(H2,13,15,16,19). The number of fused-ring (bicyclic) bond motifs is 1. The SMILES string of the molecule is O=c1[nH]c(NCO)nc2c1nc(C1CCCC1)n2F. The fourth-order valence-electron chi connectivity index (χ4n) is 2.55. The van der Waals surface area contributed by atoms with Gasteiger partial charge in [-0.25, -0.2) is 4.98 Å². The van der Waals surface area contributed by atoms with Gasteiger partial charge in [-0.05, 0) is 12.8 Å². The first kappa shape index (κ1) is 12.1. The summed E-state index contributed by atoms with van der Waals surface area (Å²) in [5.74, 6) is 0.344. The number of hydrogen-bond donors (Lipinski definition) is 3. The second kappa shape index (κ2) is 4.61. The molecule has 0 bridgehead atoms. The number of imidazole rings is 1. The van der Waals surface area contributed by atoms with Gasteiger partial charge < -0.3 is 10.4 Å². The molecule has 1 saturated carbocycles. The van der Waals surface area contributed by atoms with Gasteiger partial charge in [0.25, 0.3) is 5.56 Å². The second-order valence-electron chi connectivity index (χ2n) is 4.65. The Balaban J connectivity index is 2.14. The minimum atomic E-state index is -0.517. The van der Waals surface area contributed by atoms with Gasteiger partial charge in [-0.3, -0.25) is 9.78 Å². The molecule has 2 heterocycles. The van der Waals surface area contributed by atoms with E-state index in [0.29, 0.717) is 4.79 Å². The molecule has 0 saturated heterocycles. The molecule has 0 amide bonds. The van der Waals surface area contributed by atoms with E-state index in [2.05, 4.69) is 20.3 Å². The summed E-state index contributed by atoms with van der Waals surface area (Å²) in [5.41, 5.74) is -0.633. The van der Waals surface area contributed by atoms with Crippen molar-refractivity contribution in [2.24, 2.45) is 0 Å². The largest absolute Gasteiger partial charge is 0.376 e. The lowest BCUT2D eigenvalue weighted by Crippen LogP contribution is -2.14. The zero-order valence-electron chi connectivity index (χ0n) is 10.2. The third kappa shape index (κ3) is 1.97. The zero-order valence-corrected chi connectivity index (χ0v) is 10.2. The Morgan fingerprint density at radius 1 is 1.42 bits per heavy atom. The summed E-state index contributed by atoms with van der Waals surface area (Å²) in [7, 11) is 0. The lowest BCUT2D eigenvalue weighted by molar-refractivity contribution is 0.324. The maximum absolute atomic E-state index is 14.2. The molecule has 0 unspecified atom stereocenters. The average molecular weight is 267 g/mol. The predicted octanol–water partition coefficient (Wildman–Crippen LogP) is 0.871. The Morgan fingerprint density at radius 2 is 2.16 bits per heavy atom. The summed E-state index contributed by atoms with van der Waals surface area (Å²) < 4.78 is 14.2. The third-order valence-corrected chi connectivity index (χ3v) is 3.46. The van der Waals surface area contributed by atoms with Gasteiger partial charge in [-0.2, -0.15) is 4.98 Å². The molecule has 2 aromatic rings. The number of rotatable bonds is 3. The summed E-state index contributed by atoms with van der Waals surface area (Å²) in [6.07, 6.45) is 3.86. The van der Waals surface area contributed by atoms with Crippen molar-refractivity contribution in [1.82, 2.24) is 19.7 Å². The van der Waals surface area contributed by atoms with Gasteiger partial charge >= 0.3 is 0 Å². The molecule has 0 atom stereocenters. The molecule has 0 radical (unpaired) electrons. The Kier molecular flexibility index (Phi) is 2.94. The van der Waals surface area contributed by atoms with E-state index in [1.54, 1.807) is 0 Å². The number of hydrogen-bond acceptors (Lipinski definition) is 5. The molecule has 102 valence electrons. The van der Waals surface area contributed by atoms with E-state index < -0.39 is 12.3 Å². The number of anilines is 1. The van der Waals surface area contributed by atoms with Crippen molar-refractivity contribution in [1.29, 1.82) is 0 Å². The minimum absolute atomic E-state index is 0.00658. The summed E-state index contributed by atoms with van der Waals surface area (Å²) in [5, 5.41) is 11.2. The fourth-order valence-corrected chi connectivity index (χ4v) is 2.55. The van der Waals surface area contributed by atoms with Gasteiger partial charge in [0.1, 0.15) is 12.6 Å². The molecule has 0 spiro atoms. The van der Waals surface area contributed by atoms with Gasteiger partial charge in [-0.1, -0.05) is 17.3 Å². The number of aromatic nitrogens is 4. The van der Waals surface area contributed by atoms with Crippen LogP contribution in [0.5, 0.6) is 0 Å². The van der Waals surface area contributed by atoms with E-state index in [-0.39, 0.29) is 28.9 Å². The minimum Gasteiger partial charge on any atom is -0.376 e. The maximum atomic E-state index is 14.2. The summed E-state index contributed by atoms with van der Waals surface area (Å²) >= 11 is 0. The molecule has 3 N–H and O–H groups in total. The average Bonchev–Trinajstić information content (AvgIpc) is 2.99. The van der Waals surface area contributed by atoms with Gasteiger partial charge in [0.05, 0.1) is 0 Å². The third-order valence-electron chi connectivity index (χ3n) is 3.46. The maximum Gasteiger partial charge on any atom is 0.280 e. The van der Waals surface area contributed by atoms with Crippen molar-refractivity contribution in [3.63, 3.8) is 0 Å². The molecule has 3 rings (SSSR count). The highest BCUT2D eigenvalue weighted by Crippen LogP contribution is 2.34. The molecule has 1 fully saturated rings. The van der Waals surface area contributed by atoms with E-state index in [1.165, 1.54) is 0 Å². The van der Waals surface area contributed by atoms with Crippen molar-refractivity contribution in [2.75, 3.05) is 12.0 Å². The molecule has 0 aromatic carbocycles. The number of aromatic amines is 1. The number of nitrogens with one attached hydrogen (secondary N) is 2. The molecular formula is C11H14FN5O2. The first-order valence-electron chi connectivity index (χ1n) is 6.24. The fraction of sp³-hybridized carbons (Fsp3) is 0.545. The first-order valence-corrected chi connectivity index (χ1v) is 6.24. The second-order valence-corrected chi connectivity index (χ2v) is 4.65.